The van der Waals surface area contributed by atoms with Gasteiger partial charge in [0, 0.05) is 0 Å². The van der Waals surface area contributed by atoms with Crippen LogP contribution in [-0.2, 0) is 6.42 Å². The lowest BCUT2D eigenvalue weighted by Crippen LogP contribution is -1.85. The van der Waals surface area contributed by atoms with Gasteiger partial charge in [0.1, 0.15) is 5.82 Å². The molecule has 2 heteroatoms. The van der Waals surface area contributed by atoms with Crippen LogP contribution in [0.3, 0.4) is 0 Å². The summed E-state index contributed by atoms with van der Waals surface area (Å²) in [5.41, 5.74) is 2.44. The fourth-order valence-corrected chi connectivity index (χ4v) is 1.90. The van der Waals surface area contributed by atoms with Crippen LogP contribution in [0.1, 0.15) is 11.1 Å². The second-order valence-corrected chi connectivity index (χ2v) is 3.71. The van der Waals surface area contributed by atoms with Crippen LogP contribution in [0.4, 0.5) is 4.39 Å². The Morgan fingerprint density at radius 3 is 2.38 bits per heavy atom. The molecule has 66 valence electrons. The van der Waals surface area contributed by atoms with E-state index in [9.17, 15) is 4.39 Å². The molecule has 1 aromatic heterocycles. The molecule has 0 aliphatic heterocycles. The Kier molecular flexibility index (Phi) is 2.41. The lowest BCUT2D eigenvalue weighted by molar-refractivity contribution is 0.627. The molecule has 13 heavy (non-hydrogen) atoms. The van der Waals surface area contributed by atoms with Crippen LogP contribution in [0.15, 0.2) is 41.1 Å². The highest BCUT2D eigenvalue weighted by atomic mass is 32.1. The van der Waals surface area contributed by atoms with Crippen molar-refractivity contribution in [1.29, 1.82) is 0 Å². The van der Waals surface area contributed by atoms with Gasteiger partial charge in [0.2, 0.25) is 0 Å². The first kappa shape index (κ1) is 8.45. The van der Waals surface area contributed by atoms with Crippen molar-refractivity contribution in [2.24, 2.45) is 0 Å². The predicted octanol–water partition coefficient (Wildman–Crippen LogP) is 3.48. The molecule has 0 bridgehead atoms. The first-order chi connectivity index (χ1) is 6.34. The molecule has 0 spiro atoms. The molecule has 0 saturated heterocycles. The van der Waals surface area contributed by atoms with Crippen LogP contribution in [0.5, 0.6) is 0 Å². The number of hydrogen-bond acceptors (Lipinski definition) is 1. The summed E-state index contributed by atoms with van der Waals surface area (Å²) in [5, 5.41) is 4.17. The maximum atomic E-state index is 12.6. The highest BCUT2D eigenvalue weighted by Crippen LogP contribution is 2.12. The molecule has 2 aromatic rings. The van der Waals surface area contributed by atoms with Crippen molar-refractivity contribution in [2.45, 2.75) is 6.42 Å². The number of hydrogen-bond donors (Lipinski definition) is 0. The molecule has 0 N–H and O–H groups in total. The second-order valence-electron chi connectivity index (χ2n) is 2.93. The minimum atomic E-state index is -0.172. The van der Waals surface area contributed by atoms with Crippen LogP contribution in [0, 0.1) is 5.82 Å². The Labute approximate surface area is 80.7 Å². The van der Waals surface area contributed by atoms with E-state index in [1.807, 2.05) is 12.1 Å². The SMILES string of the molecule is Fc1ccc(Cc2ccsc2)cc1. The Balaban J connectivity index is 2.15. The minimum absolute atomic E-state index is 0.172. The van der Waals surface area contributed by atoms with E-state index in [1.54, 1.807) is 11.3 Å². The van der Waals surface area contributed by atoms with E-state index in [2.05, 4.69) is 16.8 Å². The summed E-state index contributed by atoms with van der Waals surface area (Å²) >= 11 is 1.69. The van der Waals surface area contributed by atoms with E-state index in [-0.39, 0.29) is 5.82 Å². The largest absolute Gasteiger partial charge is 0.207 e. The van der Waals surface area contributed by atoms with E-state index in [1.165, 1.54) is 17.7 Å². The standard InChI is InChI=1S/C11H9FS/c12-11-3-1-9(2-4-11)7-10-5-6-13-8-10/h1-6,8H,7H2. The smallest absolute Gasteiger partial charge is 0.123 e. The molecule has 0 unspecified atom stereocenters. The Morgan fingerprint density at radius 2 is 1.77 bits per heavy atom. The van der Waals surface area contributed by atoms with Crippen LogP contribution in [0.25, 0.3) is 0 Å². The van der Waals surface area contributed by atoms with Gasteiger partial charge in [-0.05, 0) is 46.5 Å². The normalized spacial score (nSPS) is 10.2. The average Bonchev–Trinajstić information content (AvgIpc) is 2.62. The van der Waals surface area contributed by atoms with Crippen molar-refractivity contribution in [3.05, 3.63) is 58.0 Å². The summed E-state index contributed by atoms with van der Waals surface area (Å²) in [7, 11) is 0. The lowest BCUT2D eigenvalue weighted by Gasteiger charge is -1.97. The Morgan fingerprint density at radius 1 is 1.00 bits per heavy atom. The van der Waals surface area contributed by atoms with E-state index in [0.29, 0.717) is 0 Å². The molecular weight excluding hydrogens is 183 g/mol. The maximum Gasteiger partial charge on any atom is 0.123 e. The molecule has 0 nitrogen and oxygen atoms in total. The second kappa shape index (κ2) is 3.71. The molecule has 0 amide bonds. The molecule has 1 heterocycles. The van der Waals surface area contributed by atoms with Gasteiger partial charge in [0.15, 0.2) is 0 Å². The number of halogens is 1. The van der Waals surface area contributed by atoms with Crippen molar-refractivity contribution < 1.29 is 4.39 Å². The summed E-state index contributed by atoms with van der Waals surface area (Å²) in [6.45, 7) is 0. The number of thiophene rings is 1. The number of benzene rings is 1. The van der Waals surface area contributed by atoms with Crippen LogP contribution < -0.4 is 0 Å². The van der Waals surface area contributed by atoms with Crippen LogP contribution >= 0.6 is 11.3 Å². The zero-order valence-corrected chi connectivity index (χ0v) is 7.85. The Hall–Kier alpha value is -1.15. The topological polar surface area (TPSA) is 0 Å². The van der Waals surface area contributed by atoms with Gasteiger partial charge >= 0.3 is 0 Å². The van der Waals surface area contributed by atoms with E-state index in [4.69, 9.17) is 0 Å². The molecule has 0 aliphatic carbocycles. The molecule has 0 radical (unpaired) electrons. The average molecular weight is 192 g/mol. The molecule has 0 atom stereocenters. The summed E-state index contributed by atoms with van der Waals surface area (Å²) in [4.78, 5) is 0. The van der Waals surface area contributed by atoms with Gasteiger partial charge in [-0.25, -0.2) is 4.39 Å². The van der Waals surface area contributed by atoms with Gasteiger partial charge < -0.3 is 0 Å². The van der Waals surface area contributed by atoms with E-state index >= 15 is 0 Å². The van der Waals surface area contributed by atoms with Crippen molar-refractivity contribution >= 4 is 11.3 Å². The monoisotopic (exact) mass is 192 g/mol. The fraction of sp³-hybridized carbons (Fsp3) is 0.0909. The summed E-state index contributed by atoms with van der Waals surface area (Å²) < 4.78 is 12.6. The Bertz CT molecular complexity index is 361. The summed E-state index contributed by atoms with van der Waals surface area (Å²) in [6.07, 6.45) is 0.893. The highest BCUT2D eigenvalue weighted by molar-refractivity contribution is 7.07. The molecule has 1 aromatic carbocycles. The molecule has 0 saturated carbocycles. The van der Waals surface area contributed by atoms with Gasteiger partial charge in [0.05, 0.1) is 0 Å². The van der Waals surface area contributed by atoms with Crippen molar-refractivity contribution in [3.63, 3.8) is 0 Å². The van der Waals surface area contributed by atoms with Crippen LogP contribution in [0.2, 0.25) is 0 Å². The molecule has 0 aliphatic rings. The molecule has 0 fully saturated rings. The summed E-state index contributed by atoms with van der Waals surface area (Å²) in [6, 6.07) is 8.75. The first-order valence-corrected chi connectivity index (χ1v) is 5.04. The van der Waals surface area contributed by atoms with Gasteiger partial charge in [0.25, 0.3) is 0 Å². The van der Waals surface area contributed by atoms with Crippen molar-refractivity contribution in [1.82, 2.24) is 0 Å². The quantitative estimate of drug-likeness (QED) is 0.683. The van der Waals surface area contributed by atoms with Crippen molar-refractivity contribution in [3.8, 4) is 0 Å². The zero-order valence-electron chi connectivity index (χ0n) is 7.03. The van der Waals surface area contributed by atoms with Gasteiger partial charge in [-0.15, -0.1) is 0 Å². The van der Waals surface area contributed by atoms with Gasteiger partial charge in [-0.1, -0.05) is 12.1 Å². The third kappa shape index (κ3) is 2.16. The van der Waals surface area contributed by atoms with Gasteiger partial charge in [-0.2, -0.15) is 11.3 Å². The van der Waals surface area contributed by atoms with Crippen LogP contribution in [-0.4, -0.2) is 0 Å². The maximum absolute atomic E-state index is 12.6. The van der Waals surface area contributed by atoms with Crippen molar-refractivity contribution in [2.75, 3.05) is 0 Å². The predicted molar refractivity (Wildman–Crippen MR) is 53.5 cm³/mol. The lowest BCUT2D eigenvalue weighted by atomic mass is 10.1. The third-order valence-electron chi connectivity index (χ3n) is 1.90. The third-order valence-corrected chi connectivity index (χ3v) is 2.63. The first-order valence-electron chi connectivity index (χ1n) is 4.10. The molecular formula is C11H9FS. The minimum Gasteiger partial charge on any atom is -0.207 e. The van der Waals surface area contributed by atoms with E-state index < -0.39 is 0 Å². The van der Waals surface area contributed by atoms with E-state index in [0.717, 1.165) is 12.0 Å². The summed E-state index contributed by atoms with van der Waals surface area (Å²) in [5.74, 6) is -0.172. The van der Waals surface area contributed by atoms with Gasteiger partial charge in [-0.3, -0.25) is 0 Å². The molecule has 2 rings (SSSR count). The number of rotatable bonds is 2. The fourth-order valence-electron chi connectivity index (χ4n) is 1.23. The highest BCUT2D eigenvalue weighted by Gasteiger charge is 1.96. The zero-order chi connectivity index (χ0) is 9.10.